The molecule has 3 nitrogen and oxygen atoms in total. The Hall–Kier alpha value is -0.410. The Kier molecular flexibility index (Phi) is 7.00. The van der Waals surface area contributed by atoms with Crippen LogP contribution in [0.15, 0.2) is 0 Å². The molecule has 1 atom stereocenters. The maximum atomic E-state index is 10.9. The Morgan fingerprint density at radius 3 is 2.42 bits per heavy atom. The molecule has 0 aliphatic heterocycles. The van der Waals surface area contributed by atoms with Gasteiger partial charge in [0.25, 0.3) is 0 Å². The van der Waals surface area contributed by atoms with Crippen LogP contribution in [0.25, 0.3) is 0 Å². The molecule has 0 heterocycles. The van der Waals surface area contributed by atoms with Gasteiger partial charge in [-0.15, -0.1) is 0 Å². The molecular formula is C9H18O3. The van der Waals surface area contributed by atoms with Gasteiger partial charge in [0, 0.05) is 6.61 Å². The van der Waals surface area contributed by atoms with Crippen LogP contribution in [-0.2, 0) is 14.3 Å². The third-order valence-electron chi connectivity index (χ3n) is 1.42. The Morgan fingerprint density at radius 1 is 1.33 bits per heavy atom. The van der Waals surface area contributed by atoms with E-state index in [1.807, 2.05) is 6.92 Å². The molecule has 0 rings (SSSR count). The summed E-state index contributed by atoms with van der Waals surface area (Å²) in [4.78, 5) is 10.9. The zero-order valence-corrected chi connectivity index (χ0v) is 8.13. The van der Waals surface area contributed by atoms with Crippen LogP contribution in [0, 0.1) is 0 Å². The first-order valence-electron chi connectivity index (χ1n) is 4.46. The van der Waals surface area contributed by atoms with Crippen LogP contribution in [0.1, 0.15) is 33.6 Å². The first-order chi connectivity index (χ1) is 5.72. The van der Waals surface area contributed by atoms with Crippen LogP contribution in [0.2, 0.25) is 0 Å². The zero-order chi connectivity index (χ0) is 9.40. The van der Waals surface area contributed by atoms with Crippen molar-refractivity contribution in [2.75, 3.05) is 13.2 Å². The lowest BCUT2D eigenvalue weighted by molar-refractivity contribution is -0.167. The summed E-state index contributed by atoms with van der Waals surface area (Å²) in [5, 5.41) is 0. The van der Waals surface area contributed by atoms with E-state index >= 15 is 0 Å². The van der Waals surface area contributed by atoms with E-state index in [0.29, 0.717) is 13.2 Å². The number of unbranched alkanes of at least 4 members (excludes halogenated alkanes) is 1. The topological polar surface area (TPSA) is 35.5 Å². The smallest absolute Gasteiger partial charge is 0.217 e. The molecular weight excluding hydrogens is 156 g/mol. The predicted molar refractivity (Wildman–Crippen MR) is 47.0 cm³/mol. The summed E-state index contributed by atoms with van der Waals surface area (Å²) in [5.74, 6) is -0.0621. The lowest BCUT2D eigenvalue weighted by Crippen LogP contribution is -2.25. The highest BCUT2D eigenvalue weighted by Crippen LogP contribution is 1.98. The van der Waals surface area contributed by atoms with Gasteiger partial charge in [-0.05, 0) is 20.3 Å². The summed E-state index contributed by atoms with van der Waals surface area (Å²) in [7, 11) is 0. The lowest BCUT2D eigenvalue weighted by Gasteiger charge is -2.13. The third kappa shape index (κ3) is 5.27. The van der Waals surface area contributed by atoms with Gasteiger partial charge in [0.15, 0.2) is 5.78 Å². The van der Waals surface area contributed by atoms with Crippen molar-refractivity contribution in [3.05, 3.63) is 0 Å². The second-order valence-corrected chi connectivity index (χ2v) is 2.62. The number of carbonyl (C=O) groups excluding carboxylic acids is 1. The van der Waals surface area contributed by atoms with Crippen molar-refractivity contribution in [2.24, 2.45) is 0 Å². The molecule has 0 saturated carbocycles. The molecule has 0 radical (unpaired) electrons. The summed E-state index contributed by atoms with van der Waals surface area (Å²) in [5.41, 5.74) is 0. The van der Waals surface area contributed by atoms with Crippen molar-refractivity contribution in [3.8, 4) is 0 Å². The van der Waals surface area contributed by atoms with Crippen LogP contribution < -0.4 is 0 Å². The van der Waals surface area contributed by atoms with E-state index < -0.39 is 6.29 Å². The molecule has 0 saturated heterocycles. The molecule has 3 heteroatoms. The van der Waals surface area contributed by atoms with Crippen LogP contribution in [0.5, 0.6) is 0 Å². The number of Topliss-reactive ketones (excluding diaryl/α,β-unsaturated/α-hetero) is 1. The van der Waals surface area contributed by atoms with Gasteiger partial charge in [-0.2, -0.15) is 0 Å². The molecule has 12 heavy (non-hydrogen) atoms. The highest BCUT2D eigenvalue weighted by molar-refractivity contribution is 5.79. The van der Waals surface area contributed by atoms with Gasteiger partial charge in [-0.3, -0.25) is 4.79 Å². The Balaban J connectivity index is 3.56. The molecule has 0 aromatic rings. The lowest BCUT2D eigenvalue weighted by atomic mass is 10.3. The maximum Gasteiger partial charge on any atom is 0.217 e. The number of ketones is 1. The van der Waals surface area contributed by atoms with Gasteiger partial charge < -0.3 is 9.47 Å². The summed E-state index contributed by atoms with van der Waals surface area (Å²) in [6.45, 7) is 6.51. The SMILES string of the molecule is CCCCOC(OCC)C(C)=O. The molecule has 72 valence electrons. The molecule has 0 aliphatic carbocycles. The van der Waals surface area contributed by atoms with Gasteiger partial charge >= 0.3 is 0 Å². The van der Waals surface area contributed by atoms with E-state index in [1.54, 1.807) is 0 Å². The maximum absolute atomic E-state index is 10.9. The van der Waals surface area contributed by atoms with Crippen molar-refractivity contribution in [1.82, 2.24) is 0 Å². The van der Waals surface area contributed by atoms with E-state index in [1.165, 1.54) is 6.92 Å². The Labute approximate surface area is 74.0 Å². The average Bonchev–Trinajstić information content (AvgIpc) is 2.03. The van der Waals surface area contributed by atoms with E-state index in [-0.39, 0.29) is 5.78 Å². The minimum atomic E-state index is -0.651. The standard InChI is InChI=1S/C9H18O3/c1-4-6-7-12-9(8(3)10)11-5-2/h9H,4-7H2,1-3H3. The summed E-state index contributed by atoms with van der Waals surface area (Å²) in [6.07, 6.45) is 1.38. The monoisotopic (exact) mass is 174 g/mol. The second kappa shape index (κ2) is 7.25. The highest BCUT2D eigenvalue weighted by Gasteiger charge is 2.13. The van der Waals surface area contributed by atoms with Gasteiger partial charge in [0.1, 0.15) is 0 Å². The van der Waals surface area contributed by atoms with Crippen LogP contribution >= 0.6 is 0 Å². The zero-order valence-electron chi connectivity index (χ0n) is 8.13. The van der Waals surface area contributed by atoms with E-state index in [9.17, 15) is 4.79 Å². The molecule has 1 unspecified atom stereocenters. The molecule has 0 bridgehead atoms. The number of ether oxygens (including phenoxy) is 2. The van der Waals surface area contributed by atoms with Crippen LogP contribution in [-0.4, -0.2) is 25.3 Å². The van der Waals surface area contributed by atoms with Gasteiger partial charge in [0.05, 0.1) is 6.61 Å². The fraction of sp³-hybridized carbons (Fsp3) is 0.889. The summed E-state index contributed by atoms with van der Waals surface area (Å²) >= 11 is 0. The van der Waals surface area contributed by atoms with E-state index in [0.717, 1.165) is 12.8 Å². The number of hydrogen-bond acceptors (Lipinski definition) is 3. The average molecular weight is 174 g/mol. The van der Waals surface area contributed by atoms with Gasteiger partial charge in [-0.1, -0.05) is 13.3 Å². The van der Waals surface area contributed by atoms with Crippen molar-refractivity contribution in [1.29, 1.82) is 0 Å². The van der Waals surface area contributed by atoms with Crippen molar-refractivity contribution >= 4 is 5.78 Å². The van der Waals surface area contributed by atoms with E-state index in [2.05, 4.69) is 6.92 Å². The quantitative estimate of drug-likeness (QED) is 0.436. The molecule has 0 amide bonds. The van der Waals surface area contributed by atoms with E-state index in [4.69, 9.17) is 9.47 Å². The van der Waals surface area contributed by atoms with Crippen LogP contribution in [0.4, 0.5) is 0 Å². The molecule has 0 aromatic heterocycles. The normalized spacial score (nSPS) is 12.9. The van der Waals surface area contributed by atoms with Crippen molar-refractivity contribution in [2.45, 2.75) is 39.9 Å². The minimum absolute atomic E-state index is 0.0621. The summed E-state index contributed by atoms with van der Waals surface area (Å²) < 4.78 is 10.3. The Bertz CT molecular complexity index is 123. The molecule has 0 spiro atoms. The van der Waals surface area contributed by atoms with Crippen molar-refractivity contribution < 1.29 is 14.3 Å². The first-order valence-corrected chi connectivity index (χ1v) is 4.46. The number of carbonyl (C=O) groups is 1. The second-order valence-electron chi connectivity index (χ2n) is 2.62. The first kappa shape index (κ1) is 11.6. The predicted octanol–water partition coefficient (Wildman–Crippen LogP) is 1.75. The van der Waals surface area contributed by atoms with Gasteiger partial charge in [0.2, 0.25) is 6.29 Å². The fourth-order valence-electron chi connectivity index (χ4n) is 0.769. The molecule has 0 fully saturated rings. The van der Waals surface area contributed by atoms with Crippen molar-refractivity contribution in [3.63, 3.8) is 0 Å². The number of rotatable bonds is 7. The number of hydrogen-bond donors (Lipinski definition) is 0. The minimum Gasteiger partial charge on any atom is -0.346 e. The molecule has 0 N–H and O–H groups in total. The Morgan fingerprint density at radius 2 is 2.00 bits per heavy atom. The molecule has 0 aromatic carbocycles. The largest absolute Gasteiger partial charge is 0.346 e. The van der Waals surface area contributed by atoms with Crippen LogP contribution in [0.3, 0.4) is 0 Å². The third-order valence-corrected chi connectivity index (χ3v) is 1.42. The summed E-state index contributed by atoms with van der Waals surface area (Å²) in [6, 6.07) is 0. The fourth-order valence-corrected chi connectivity index (χ4v) is 0.769. The molecule has 0 aliphatic rings. The van der Waals surface area contributed by atoms with Gasteiger partial charge in [-0.25, -0.2) is 0 Å². The highest BCUT2D eigenvalue weighted by atomic mass is 16.7.